The van der Waals surface area contributed by atoms with Gasteiger partial charge in [0.25, 0.3) is 0 Å². The average Bonchev–Trinajstić information content (AvgIpc) is 2.34. The number of hydrogen-bond acceptors (Lipinski definition) is 3. The monoisotopic (exact) mass is 270 g/mol. The van der Waals surface area contributed by atoms with E-state index in [4.69, 9.17) is 21.1 Å². The highest BCUT2D eigenvalue weighted by atomic mass is 35.5. The molecule has 0 unspecified atom stereocenters. The second-order valence-corrected chi connectivity index (χ2v) is 4.97. The van der Waals surface area contributed by atoms with Gasteiger partial charge in [-0.15, -0.1) is 0 Å². The molecular weight excluding hydrogens is 252 g/mol. The topological polar surface area (TPSA) is 35.5 Å². The Morgan fingerprint density at radius 2 is 2.11 bits per heavy atom. The quantitative estimate of drug-likeness (QED) is 0.555. The van der Waals surface area contributed by atoms with Gasteiger partial charge in [-0.2, -0.15) is 0 Å². The van der Waals surface area contributed by atoms with Crippen LogP contribution in [0.3, 0.4) is 0 Å². The van der Waals surface area contributed by atoms with E-state index in [0.717, 1.165) is 19.1 Å². The molecule has 0 fully saturated rings. The van der Waals surface area contributed by atoms with Crippen molar-refractivity contribution in [1.29, 1.82) is 0 Å². The Balaban J connectivity index is 2.76. The third-order valence-corrected chi connectivity index (χ3v) is 2.79. The van der Waals surface area contributed by atoms with Gasteiger partial charge in [-0.3, -0.25) is 4.79 Å². The Morgan fingerprint density at radius 1 is 1.39 bits per heavy atom. The van der Waals surface area contributed by atoms with Crippen LogP contribution >= 0.6 is 11.6 Å². The lowest BCUT2D eigenvalue weighted by molar-refractivity contribution is 0.111. The number of methoxy groups -OCH3 is 1. The van der Waals surface area contributed by atoms with Gasteiger partial charge >= 0.3 is 0 Å². The Hall–Kier alpha value is -1.22. The van der Waals surface area contributed by atoms with Gasteiger partial charge in [0, 0.05) is 11.1 Å². The molecule has 0 N–H and O–H groups in total. The van der Waals surface area contributed by atoms with Crippen molar-refractivity contribution >= 4 is 17.9 Å². The van der Waals surface area contributed by atoms with E-state index < -0.39 is 0 Å². The normalized spacial score (nSPS) is 10.5. The van der Waals surface area contributed by atoms with Gasteiger partial charge in [0.15, 0.2) is 17.8 Å². The minimum atomic E-state index is 0.420. The minimum absolute atomic E-state index is 0.420. The molecule has 3 nitrogen and oxygen atoms in total. The van der Waals surface area contributed by atoms with Crippen LogP contribution in [-0.2, 0) is 0 Å². The zero-order valence-corrected chi connectivity index (χ0v) is 11.8. The molecule has 0 radical (unpaired) electrons. The van der Waals surface area contributed by atoms with E-state index >= 15 is 0 Å². The van der Waals surface area contributed by atoms with Gasteiger partial charge in [-0.25, -0.2) is 0 Å². The summed E-state index contributed by atoms with van der Waals surface area (Å²) in [6, 6.07) is 3.22. The first-order valence-corrected chi connectivity index (χ1v) is 6.41. The van der Waals surface area contributed by atoms with E-state index in [-0.39, 0.29) is 0 Å². The summed E-state index contributed by atoms with van der Waals surface area (Å²) in [4.78, 5) is 11.0. The SMILES string of the molecule is COc1cc(Cl)cc(C=O)c1OCCCC(C)C. The molecule has 0 bridgehead atoms. The molecule has 0 heterocycles. The molecule has 0 atom stereocenters. The lowest BCUT2D eigenvalue weighted by atomic mass is 10.1. The summed E-state index contributed by atoms with van der Waals surface area (Å²) in [5, 5.41) is 0.462. The molecule has 0 amide bonds. The molecule has 1 aromatic carbocycles. The second-order valence-electron chi connectivity index (χ2n) is 4.53. The lowest BCUT2D eigenvalue weighted by Gasteiger charge is -2.13. The summed E-state index contributed by atoms with van der Waals surface area (Å²) >= 11 is 5.89. The van der Waals surface area contributed by atoms with Crippen LogP contribution in [0, 0.1) is 5.92 Å². The number of benzene rings is 1. The molecule has 4 heteroatoms. The van der Waals surface area contributed by atoms with E-state index in [2.05, 4.69) is 13.8 Å². The van der Waals surface area contributed by atoms with Crippen molar-refractivity contribution in [3.05, 3.63) is 22.7 Å². The van der Waals surface area contributed by atoms with Crippen LogP contribution < -0.4 is 9.47 Å². The Bertz CT molecular complexity index is 402. The molecular formula is C14H19ClO3. The summed E-state index contributed by atoms with van der Waals surface area (Å²) in [5.74, 6) is 1.61. The van der Waals surface area contributed by atoms with Gasteiger partial charge < -0.3 is 9.47 Å². The fraction of sp³-hybridized carbons (Fsp3) is 0.500. The van der Waals surface area contributed by atoms with Gasteiger partial charge in [-0.05, 0) is 24.8 Å². The number of hydrogen-bond donors (Lipinski definition) is 0. The highest BCUT2D eigenvalue weighted by Crippen LogP contribution is 2.33. The number of rotatable bonds is 7. The van der Waals surface area contributed by atoms with E-state index in [1.165, 1.54) is 7.11 Å². The van der Waals surface area contributed by atoms with Crippen molar-refractivity contribution in [1.82, 2.24) is 0 Å². The van der Waals surface area contributed by atoms with E-state index in [9.17, 15) is 4.79 Å². The predicted molar refractivity (Wildman–Crippen MR) is 73.0 cm³/mol. The predicted octanol–water partition coefficient (Wildman–Crippen LogP) is 3.98. The Morgan fingerprint density at radius 3 is 2.67 bits per heavy atom. The molecule has 0 aliphatic carbocycles. The Labute approximate surface area is 113 Å². The maximum atomic E-state index is 11.0. The minimum Gasteiger partial charge on any atom is -0.493 e. The van der Waals surface area contributed by atoms with Crippen molar-refractivity contribution in [3.8, 4) is 11.5 Å². The van der Waals surface area contributed by atoms with Crippen molar-refractivity contribution < 1.29 is 14.3 Å². The summed E-state index contributed by atoms with van der Waals surface area (Å²) < 4.78 is 10.8. The number of carbonyl (C=O) groups is 1. The second kappa shape index (κ2) is 7.27. The summed E-state index contributed by atoms with van der Waals surface area (Å²) in [6.07, 6.45) is 2.76. The van der Waals surface area contributed by atoms with Crippen molar-refractivity contribution in [3.63, 3.8) is 0 Å². The molecule has 0 aliphatic heterocycles. The summed E-state index contributed by atoms with van der Waals surface area (Å²) in [7, 11) is 1.53. The molecule has 0 saturated carbocycles. The van der Waals surface area contributed by atoms with Crippen LogP contribution in [0.25, 0.3) is 0 Å². The standard InChI is InChI=1S/C14H19ClO3/c1-10(2)5-4-6-18-14-11(9-16)7-12(15)8-13(14)17-3/h7-10H,4-6H2,1-3H3. The molecule has 18 heavy (non-hydrogen) atoms. The van der Waals surface area contributed by atoms with Crippen LogP contribution in [-0.4, -0.2) is 20.0 Å². The number of halogens is 1. The van der Waals surface area contributed by atoms with Crippen LogP contribution in [0.4, 0.5) is 0 Å². The van der Waals surface area contributed by atoms with Gasteiger partial charge in [-0.1, -0.05) is 25.4 Å². The zero-order valence-electron chi connectivity index (χ0n) is 11.0. The van der Waals surface area contributed by atoms with Gasteiger partial charge in [0.2, 0.25) is 0 Å². The van der Waals surface area contributed by atoms with Crippen LogP contribution in [0.15, 0.2) is 12.1 Å². The molecule has 0 saturated heterocycles. The number of aldehydes is 1. The Kier molecular flexibility index (Phi) is 5.99. The smallest absolute Gasteiger partial charge is 0.171 e. The maximum Gasteiger partial charge on any atom is 0.171 e. The third-order valence-electron chi connectivity index (χ3n) is 2.57. The van der Waals surface area contributed by atoms with Crippen LogP contribution in [0.1, 0.15) is 37.0 Å². The highest BCUT2D eigenvalue weighted by Gasteiger charge is 2.12. The first-order chi connectivity index (χ1) is 8.58. The van der Waals surface area contributed by atoms with Gasteiger partial charge in [0.1, 0.15) is 0 Å². The maximum absolute atomic E-state index is 11.0. The zero-order chi connectivity index (χ0) is 13.5. The summed E-state index contributed by atoms with van der Waals surface area (Å²) in [6.45, 7) is 4.90. The third kappa shape index (κ3) is 4.22. The van der Waals surface area contributed by atoms with Crippen molar-refractivity contribution in [2.45, 2.75) is 26.7 Å². The van der Waals surface area contributed by atoms with E-state index in [0.29, 0.717) is 34.6 Å². The number of ether oxygens (including phenoxy) is 2. The van der Waals surface area contributed by atoms with Crippen molar-refractivity contribution in [2.75, 3.05) is 13.7 Å². The molecule has 0 aromatic heterocycles. The molecule has 1 aromatic rings. The highest BCUT2D eigenvalue weighted by molar-refractivity contribution is 6.31. The molecule has 100 valence electrons. The fourth-order valence-electron chi connectivity index (χ4n) is 1.65. The molecule has 0 aliphatic rings. The van der Waals surface area contributed by atoms with E-state index in [1.807, 2.05) is 0 Å². The van der Waals surface area contributed by atoms with Crippen LogP contribution in [0.2, 0.25) is 5.02 Å². The van der Waals surface area contributed by atoms with Crippen molar-refractivity contribution in [2.24, 2.45) is 5.92 Å². The summed E-state index contributed by atoms with van der Waals surface area (Å²) in [5.41, 5.74) is 0.420. The van der Waals surface area contributed by atoms with Crippen LogP contribution in [0.5, 0.6) is 11.5 Å². The van der Waals surface area contributed by atoms with Gasteiger partial charge in [0.05, 0.1) is 19.3 Å². The molecule has 1 rings (SSSR count). The molecule has 0 spiro atoms. The first kappa shape index (κ1) is 14.8. The van der Waals surface area contributed by atoms with E-state index in [1.54, 1.807) is 12.1 Å². The largest absolute Gasteiger partial charge is 0.493 e. The lowest BCUT2D eigenvalue weighted by Crippen LogP contribution is -2.03. The average molecular weight is 271 g/mol. The first-order valence-electron chi connectivity index (χ1n) is 6.04. The fourth-order valence-corrected chi connectivity index (χ4v) is 1.86. The number of carbonyl (C=O) groups excluding carboxylic acids is 1.